The van der Waals surface area contributed by atoms with Gasteiger partial charge in [-0.2, -0.15) is 9.61 Å². The van der Waals surface area contributed by atoms with Crippen LogP contribution in [0, 0.1) is 0 Å². The third kappa shape index (κ3) is 4.23. The van der Waals surface area contributed by atoms with E-state index >= 15 is 0 Å². The lowest BCUT2D eigenvalue weighted by Crippen LogP contribution is -2.39. The SMILES string of the molecule is Clc1cccc(-c2cc3nc4c(c(NC5CCN(Cc6ccccc6)CC5)n3n2)CCC4)c1. The van der Waals surface area contributed by atoms with E-state index < -0.39 is 0 Å². The van der Waals surface area contributed by atoms with Gasteiger partial charge in [-0.15, -0.1) is 0 Å². The molecule has 0 bridgehead atoms. The van der Waals surface area contributed by atoms with E-state index in [0.717, 1.165) is 73.1 Å². The molecule has 6 heteroatoms. The monoisotopic (exact) mass is 457 g/mol. The summed E-state index contributed by atoms with van der Waals surface area (Å²) in [6, 6.07) is 21.2. The van der Waals surface area contributed by atoms with Crippen LogP contribution in [-0.2, 0) is 19.4 Å². The second kappa shape index (κ2) is 8.81. The smallest absolute Gasteiger partial charge is 0.158 e. The summed E-state index contributed by atoms with van der Waals surface area (Å²) >= 11 is 6.23. The molecule has 2 aliphatic rings. The number of piperidine rings is 1. The van der Waals surface area contributed by atoms with Gasteiger partial charge in [0.1, 0.15) is 5.82 Å². The Hall–Kier alpha value is -2.89. The Morgan fingerprint density at radius 2 is 1.82 bits per heavy atom. The van der Waals surface area contributed by atoms with Gasteiger partial charge in [0.25, 0.3) is 0 Å². The molecule has 0 atom stereocenters. The molecular weight excluding hydrogens is 430 g/mol. The van der Waals surface area contributed by atoms with Gasteiger partial charge in [0, 0.05) is 53.6 Å². The fraction of sp³-hybridized carbons (Fsp3) is 0.333. The minimum absolute atomic E-state index is 0.450. The lowest BCUT2D eigenvalue weighted by Gasteiger charge is -2.33. The zero-order chi connectivity index (χ0) is 22.2. The summed E-state index contributed by atoms with van der Waals surface area (Å²) in [5.74, 6) is 1.14. The van der Waals surface area contributed by atoms with Crippen LogP contribution in [0.5, 0.6) is 0 Å². The Kier molecular flexibility index (Phi) is 5.52. The van der Waals surface area contributed by atoms with Crippen LogP contribution in [0.1, 0.15) is 36.1 Å². The Bertz CT molecular complexity index is 1270. The lowest BCUT2D eigenvalue weighted by atomic mass is 10.0. The normalized spacial score (nSPS) is 16.9. The van der Waals surface area contributed by atoms with Crippen molar-refractivity contribution in [1.82, 2.24) is 19.5 Å². The number of nitrogens with zero attached hydrogens (tertiary/aromatic N) is 4. The maximum atomic E-state index is 6.23. The van der Waals surface area contributed by atoms with Gasteiger partial charge in [-0.3, -0.25) is 4.90 Å². The van der Waals surface area contributed by atoms with Crippen molar-refractivity contribution in [1.29, 1.82) is 0 Å². The van der Waals surface area contributed by atoms with Crippen molar-refractivity contribution in [2.75, 3.05) is 18.4 Å². The fourth-order valence-corrected chi connectivity index (χ4v) is 5.39. The van der Waals surface area contributed by atoms with Gasteiger partial charge in [0.15, 0.2) is 5.65 Å². The Labute approximate surface area is 199 Å². The molecule has 0 saturated carbocycles. The van der Waals surface area contributed by atoms with Gasteiger partial charge < -0.3 is 5.32 Å². The highest BCUT2D eigenvalue weighted by atomic mass is 35.5. The van der Waals surface area contributed by atoms with E-state index in [1.807, 2.05) is 22.7 Å². The van der Waals surface area contributed by atoms with Crippen molar-refractivity contribution in [3.05, 3.63) is 82.5 Å². The first-order valence-corrected chi connectivity index (χ1v) is 12.3. The molecule has 6 rings (SSSR count). The van der Waals surface area contributed by atoms with Crippen LogP contribution in [0.15, 0.2) is 60.7 Å². The van der Waals surface area contributed by atoms with E-state index in [1.54, 1.807) is 0 Å². The van der Waals surface area contributed by atoms with Crippen molar-refractivity contribution >= 4 is 23.1 Å². The van der Waals surface area contributed by atoms with Crippen molar-refractivity contribution in [2.45, 2.75) is 44.7 Å². The van der Waals surface area contributed by atoms with E-state index in [-0.39, 0.29) is 0 Å². The standard InChI is InChI=1S/C27H28ClN5/c28-21-9-4-8-20(16-21)25-17-26-30-24-11-5-10-23(24)27(33(26)31-25)29-22-12-14-32(15-13-22)18-19-6-2-1-3-7-19/h1-4,6-9,16-17,22,29H,5,10-15,18H2. The number of aromatic nitrogens is 3. The Morgan fingerprint density at radius 1 is 0.970 bits per heavy atom. The van der Waals surface area contributed by atoms with Crippen LogP contribution in [0.4, 0.5) is 5.82 Å². The van der Waals surface area contributed by atoms with E-state index in [2.05, 4.69) is 52.7 Å². The molecule has 1 saturated heterocycles. The van der Waals surface area contributed by atoms with E-state index in [0.29, 0.717) is 6.04 Å². The number of aryl methyl sites for hydroxylation is 1. The Morgan fingerprint density at radius 3 is 2.64 bits per heavy atom. The number of anilines is 1. The van der Waals surface area contributed by atoms with Gasteiger partial charge >= 0.3 is 0 Å². The van der Waals surface area contributed by atoms with Gasteiger partial charge in [-0.05, 0) is 49.8 Å². The van der Waals surface area contributed by atoms with Crippen LogP contribution in [0.2, 0.25) is 5.02 Å². The molecule has 1 aliphatic carbocycles. The second-order valence-corrected chi connectivity index (χ2v) is 9.67. The first kappa shape index (κ1) is 20.7. The maximum absolute atomic E-state index is 6.23. The van der Waals surface area contributed by atoms with Gasteiger partial charge in [0.2, 0.25) is 0 Å². The van der Waals surface area contributed by atoms with Crippen molar-refractivity contribution < 1.29 is 0 Å². The van der Waals surface area contributed by atoms with E-state index in [9.17, 15) is 0 Å². The molecule has 1 fully saturated rings. The average molecular weight is 458 g/mol. The molecule has 0 amide bonds. The molecule has 4 aromatic rings. The molecular formula is C27H28ClN5. The molecule has 2 aromatic heterocycles. The molecule has 2 aromatic carbocycles. The summed E-state index contributed by atoms with van der Waals surface area (Å²) in [6.45, 7) is 3.25. The molecule has 0 radical (unpaired) electrons. The van der Waals surface area contributed by atoms with E-state index in [1.165, 1.54) is 23.2 Å². The number of likely N-dealkylation sites (tertiary alicyclic amines) is 1. The van der Waals surface area contributed by atoms with Crippen LogP contribution in [-0.4, -0.2) is 38.6 Å². The highest BCUT2D eigenvalue weighted by molar-refractivity contribution is 6.30. The molecule has 1 aliphatic heterocycles. The van der Waals surface area contributed by atoms with Crippen LogP contribution < -0.4 is 5.32 Å². The number of hydrogen-bond donors (Lipinski definition) is 1. The minimum Gasteiger partial charge on any atom is -0.367 e. The third-order valence-electron chi connectivity index (χ3n) is 6.92. The highest BCUT2D eigenvalue weighted by Gasteiger charge is 2.25. The summed E-state index contributed by atoms with van der Waals surface area (Å²) in [5.41, 5.74) is 6.80. The van der Waals surface area contributed by atoms with Crippen LogP contribution in [0.25, 0.3) is 16.9 Å². The number of hydrogen-bond acceptors (Lipinski definition) is 4. The quantitative estimate of drug-likeness (QED) is 0.422. The summed E-state index contributed by atoms with van der Waals surface area (Å²) in [5, 5.41) is 9.58. The highest BCUT2D eigenvalue weighted by Crippen LogP contribution is 2.32. The zero-order valence-electron chi connectivity index (χ0n) is 18.7. The first-order valence-electron chi connectivity index (χ1n) is 11.9. The number of halogens is 1. The Balaban J connectivity index is 1.24. The third-order valence-corrected chi connectivity index (χ3v) is 7.16. The van der Waals surface area contributed by atoms with Crippen molar-refractivity contribution in [3.8, 4) is 11.3 Å². The van der Waals surface area contributed by atoms with E-state index in [4.69, 9.17) is 21.7 Å². The minimum atomic E-state index is 0.450. The topological polar surface area (TPSA) is 45.5 Å². The predicted molar refractivity (Wildman–Crippen MR) is 134 cm³/mol. The number of rotatable bonds is 5. The molecule has 1 N–H and O–H groups in total. The van der Waals surface area contributed by atoms with Gasteiger partial charge in [-0.25, -0.2) is 4.98 Å². The molecule has 5 nitrogen and oxygen atoms in total. The summed E-state index contributed by atoms with van der Waals surface area (Å²) in [4.78, 5) is 7.52. The zero-order valence-corrected chi connectivity index (χ0v) is 19.4. The molecule has 3 heterocycles. The lowest BCUT2D eigenvalue weighted by molar-refractivity contribution is 0.211. The molecule has 33 heavy (non-hydrogen) atoms. The van der Waals surface area contributed by atoms with Crippen molar-refractivity contribution in [2.24, 2.45) is 0 Å². The van der Waals surface area contributed by atoms with Gasteiger partial charge in [-0.1, -0.05) is 54.1 Å². The first-order chi connectivity index (χ1) is 16.2. The largest absolute Gasteiger partial charge is 0.367 e. The summed E-state index contributed by atoms with van der Waals surface area (Å²) < 4.78 is 2.02. The van der Waals surface area contributed by atoms with Crippen molar-refractivity contribution in [3.63, 3.8) is 0 Å². The van der Waals surface area contributed by atoms with Crippen LogP contribution in [0.3, 0.4) is 0 Å². The summed E-state index contributed by atoms with van der Waals surface area (Å²) in [7, 11) is 0. The molecule has 0 spiro atoms. The molecule has 168 valence electrons. The maximum Gasteiger partial charge on any atom is 0.158 e. The van der Waals surface area contributed by atoms with Crippen LogP contribution >= 0.6 is 11.6 Å². The van der Waals surface area contributed by atoms with Gasteiger partial charge in [0.05, 0.1) is 5.69 Å². The average Bonchev–Trinajstić information content (AvgIpc) is 3.48. The number of fused-ring (bicyclic) bond motifs is 2. The second-order valence-electron chi connectivity index (χ2n) is 9.23. The fourth-order valence-electron chi connectivity index (χ4n) is 5.20. The molecule has 0 unspecified atom stereocenters. The predicted octanol–water partition coefficient (Wildman–Crippen LogP) is 5.61. The number of benzene rings is 2. The number of nitrogens with one attached hydrogen (secondary N) is 1. The summed E-state index contributed by atoms with van der Waals surface area (Å²) in [6.07, 6.45) is 5.55.